The average molecular weight is 365 g/mol. The van der Waals surface area contributed by atoms with Crippen LogP contribution in [0.2, 0.25) is 10.0 Å². The number of aromatic hydroxyl groups is 1. The van der Waals surface area contributed by atoms with Crippen LogP contribution in [0.15, 0.2) is 30.7 Å². The summed E-state index contributed by atoms with van der Waals surface area (Å²) in [6, 6.07) is 4.63. The number of halogens is 2. The molecule has 2 N–H and O–H groups in total. The molecule has 24 heavy (non-hydrogen) atoms. The number of aromatic nitrogens is 3. The third-order valence-corrected chi connectivity index (χ3v) is 4.12. The second-order valence-electron chi connectivity index (χ2n) is 5.32. The number of hydrogen-bond acceptors (Lipinski definition) is 4. The van der Waals surface area contributed by atoms with Gasteiger partial charge in [0.05, 0.1) is 22.1 Å². The number of phenolic OH excluding ortho intramolecular Hbond substituents is 1. The number of hydrogen-bond donors (Lipinski definition) is 2. The largest absolute Gasteiger partial charge is 0.504 e. The molecule has 0 aliphatic heterocycles. The lowest BCUT2D eigenvalue weighted by Gasteiger charge is -2.08. The van der Waals surface area contributed by atoms with E-state index in [4.69, 9.17) is 23.2 Å². The molecule has 124 valence electrons. The van der Waals surface area contributed by atoms with E-state index < -0.39 is 0 Å². The maximum absolute atomic E-state index is 12.2. The number of amides is 1. The predicted molar refractivity (Wildman–Crippen MR) is 92.7 cm³/mol. The van der Waals surface area contributed by atoms with Crippen LogP contribution < -0.4 is 5.32 Å². The Morgan fingerprint density at radius 3 is 2.83 bits per heavy atom. The molecular formula is C16H14Cl2N4O2. The van der Waals surface area contributed by atoms with Gasteiger partial charge < -0.3 is 15.0 Å². The highest BCUT2D eigenvalue weighted by Crippen LogP contribution is 2.36. The van der Waals surface area contributed by atoms with Crippen LogP contribution in [0, 0.1) is 0 Å². The summed E-state index contributed by atoms with van der Waals surface area (Å²) in [5.74, 6) is -0.539. The van der Waals surface area contributed by atoms with Crippen molar-refractivity contribution >= 4 is 40.0 Å². The minimum atomic E-state index is -0.344. The molecule has 2 heterocycles. The molecule has 1 amide bonds. The Morgan fingerprint density at radius 2 is 2.12 bits per heavy atom. The number of pyridine rings is 1. The first kappa shape index (κ1) is 16.5. The van der Waals surface area contributed by atoms with Gasteiger partial charge in [-0.15, -0.1) is 0 Å². The van der Waals surface area contributed by atoms with Crippen LogP contribution in [0.4, 0.5) is 0 Å². The molecule has 0 saturated heterocycles. The summed E-state index contributed by atoms with van der Waals surface area (Å²) in [5.41, 5.74) is 1.27. The first-order valence-electron chi connectivity index (χ1n) is 7.18. The van der Waals surface area contributed by atoms with Crippen molar-refractivity contribution < 1.29 is 9.90 Å². The van der Waals surface area contributed by atoms with Crippen LogP contribution in [-0.4, -0.2) is 32.1 Å². The van der Waals surface area contributed by atoms with Crippen molar-refractivity contribution in [2.75, 3.05) is 6.54 Å². The van der Waals surface area contributed by atoms with Gasteiger partial charge in [-0.1, -0.05) is 23.2 Å². The monoisotopic (exact) mass is 364 g/mol. The standard InChI is InChI=1S/C16H14Cl2N4O2/c1-22-7-9(20-8-22)4-5-19-16(24)13-3-2-10-11(17)6-12(18)15(23)14(10)21-13/h2-3,6-8,23H,4-5H2,1H3,(H,19,24). The van der Waals surface area contributed by atoms with Crippen LogP contribution in [0.3, 0.4) is 0 Å². The number of imidazole rings is 1. The number of carbonyl (C=O) groups excluding carboxylic acids is 1. The molecule has 2 aromatic heterocycles. The maximum atomic E-state index is 12.2. The van der Waals surface area contributed by atoms with Crippen LogP contribution in [0.1, 0.15) is 16.2 Å². The molecule has 0 atom stereocenters. The zero-order valence-electron chi connectivity index (χ0n) is 12.8. The smallest absolute Gasteiger partial charge is 0.269 e. The van der Waals surface area contributed by atoms with Gasteiger partial charge in [-0.25, -0.2) is 9.97 Å². The van der Waals surface area contributed by atoms with Crippen LogP contribution in [-0.2, 0) is 13.5 Å². The Bertz CT molecular complexity index is 924. The highest BCUT2D eigenvalue weighted by atomic mass is 35.5. The van der Waals surface area contributed by atoms with E-state index >= 15 is 0 Å². The van der Waals surface area contributed by atoms with Crippen LogP contribution in [0.25, 0.3) is 10.9 Å². The fourth-order valence-corrected chi connectivity index (χ4v) is 2.84. The zero-order valence-corrected chi connectivity index (χ0v) is 14.3. The van der Waals surface area contributed by atoms with Gasteiger partial charge in [0.25, 0.3) is 5.91 Å². The summed E-state index contributed by atoms with van der Waals surface area (Å²) in [6.07, 6.45) is 4.21. The van der Waals surface area contributed by atoms with Gasteiger partial charge in [0.2, 0.25) is 0 Å². The van der Waals surface area contributed by atoms with E-state index in [9.17, 15) is 9.90 Å². The molecule has 0 aliphatic carbocycles. The molecule has 0 aliphatic rings. The molecular weight excluding hydrogens is 351 g/mol. The summed E-state index contributed by atoms with van der Waals surface area (Å²) in [5, 5.41) is 13.8. The molecule has 3 aromatic rings. The van der Waals surface area contributed by atoms with E-state index in [1.807, 2.05) is 17.8 Å². The van der Waals surface area contributed by atoms with E-state index in [0.717, 1.165) is 5.69 Å². The molecule has 1 aromatic carbocycles. The summed E-state index contributed by atoms with van der Waals surface area (Å²) >= 11 is 12.0. The quantitative estimate of drug-likeness (QED) is 0.745. The lowest BCUT2D eigenvalue weighted by atomic mass is 10.2. The first-order valence-corrected chi connectivity index (χ1v) is 7.94. The van der Waals surface area contributed by atoms with Gasteiger partial charge in [0.1, 0.15) is 11.2 Å². The number of aryl methyl sites for hydroxylation is 1. The number of nitrogens with one attached hydrogen (secondary N) is 1. The molecule has 0 saturated carbocycles. The zero-order chi connectivity index (χ0) is 17.3. The van der Waals surface area contributed by atoms with Gasteiger partial charge in [0.15, 0.2) is 5.75 Å². The van der Waals surface area contributed by atoms with Crippen molar-refractivity contribution in [3.8, 4) is 5.75 Å². The predicted octanol–water partition coefficient (Wildman–Crippen LogP) is 2.95. The van der Waals surface area contributed by atoms with Crippen molar-refractivity contribution in [2.45, 2.75) is 6.42 Å². The Morgan fingerprint density at radius 1 is 1.33 bits per heavy atom. The van der Waals surface area contributed by atoms with E-state index in [1.54, 1.807) is 18.5 Å². The lowest BCUT2D eigenvalue weighted by molar-refractivity contribution is 0.0949. The van der Waals surface area contributed by atoms with Crippen molar-refractivity contribution in [1.29, 1.82) is 0 Å². The number of phenols is 1. The average Bonchev–Trinajstić information content (AvgIpc) is 2.97. The van der Waals surface area contributed by atoms with E-state index in [1.165, 1.54) is 6.07 Å². The number of fused-ring (bicyclic) bond motifs is 1. The fraction of sp³-hybridized carbons (Fsp3) is 0.188. The molecule has 0 spiro atoms. The third kappa shape index (κ3) is 3.29. The Hall–Kier alpha value is -2.31. The normalized spacial score (nSPS) is 11.0. The van der Waals surface area contributed by atoms with Crippen LogP contribution >= 0.6 is 23.2 Å². The topological polar surface area (TPSA) is 80.0 Å². The third-order valence-electron chi connectivity index (χ3n) is 3.51. The van der Waals surface area contributed by atoms with E-state index in [-0.39, 0.29) is 27.9 Å². The SMILES string of the molecule is Cn1cnc(CCNC(=O)c2ccc3c(Cl)cc(Cl)c(O)c3n2)c1. The minimum absolute atomic E-state index is 0.0905. The van der Waals surface area contributed by atoms with Gasteiger partial charge >= 0.3 is 0 Å². The molecule has 0 radical (unpaired) electrons. The summed E-state index contributed by atoms with van der Waals surface area (Å²) in [7, 11) is 1.89. The molecule has 6 nitrogen and oxygen atoms in total. The molecule has 0 bridgehead atoms. The van der Waals surface area contributed by atoms with Gasteiger partial charge in [-0.2, -0.15) is 0 Å². The van der Waals surface area contributed by atoms with Crippen molar-refractivity contribution in [3.05, 3.63) is 52.2 Å². The number of carbonyl (C=O) groups is 1. The fourth-order valence-electron chi connectivity index (χ4n) is 2.32. The highest BCUT2D eigenvalue weighted by molar-refractivity contribution is 6.39. The van der Waals surface area contributed by atoms with Crippen LogP contribution in [0.5, 0.6) is 5.75 Å². The molecule has 8 heteroatoms. The van der Waals surface area contributed by atoms with Crippen molar-refractivity contribution in [3.63, 3.8) is 0 Å². The van der Waals surface area contributed by atoms with Gasteiger partial charge in [-0.3, -0.25) is 4.79 Å². The Labute approximate surface area is 148 Å². The second kappa shape index (κ2) is 6.67. The molecule has 0 unspecified atom stereocenters. The van der Waals surface area contributed by atoms with Crippen molar-refractivity contribution in [2.24, 2.45) is 7.05 Å². The maximum Gasteiger partial charge on any atom is 0.269 e. The van der Waals surface area contributed by atoms with E-state index in [0.29, 0.717) is 23.4 Å². The Kier molecular flexibility index (Phi) is 4.59. The van der Waals surface area contributed by atoms with Gasteiger partial charge in [0, 0.05) is 31.6 Å². The summed E-state index contributed by atoms with van der Waals surface area (Å²) < 4.78 is 1.85. The first-order chi connectivity index (χ1) is 11.5. The highest BCUT2D eigenvalue weighted by Gasteiger charge is 2.14. The molecule has 3 rings (SSSR count). The lowest BCUT2D eigenvalue weighted by Crippen LogP contribution is -2.26. The Balaban J connectivity index is 1.76. The second-order valence-corrected chi connectivity index (χ2v) is 6.13. The molecule has 0 fully saturated rings. The van der Waals surface area contributed by atoms with Gasteiger partial charge in [-0.05, 0) is 18.2 Å². The summed E-state index contributed by atoms with van der Waals surface area (Å²) in [4.78, 5) is 20.6. The van der Waals surface area contributed by atoms with Crippen molar-refractivity contribution in [1.82, 2.24) is 19.9 Å². The van der Waals surface area contributed by atoms with E-state index in [2.05, 4.69) is 15.3 Å². The minimum Gasteiger partial charge on any atom is -0.504 e. The number of nitrogens with zero attached hydrogens (tertiary/aromatic N) is 3. The number of rotatable bonds is 4. The summed E-state index contributed by atoms with van der Waals surface area (Å²) in [6.45, 7) is 0.428. The number of benzene rings is 1.